The summed E-state index contributed by atoms with van der Waals surface area (Å²) >= 11 is 0. The standard InChI is InChI=1S/C15H24N2O2/c1-10-6-12-13(19-9-18-12)7-11(10)14(17(4)5)15(2,3)8-16/h6-7,14H,8-9,16H2,1-5H3. The Kier molecular flexibility index (Phi) is 3.74. The molecule has 2 rings (SSSR count). The molecule has 1 aliphatic heterocycles. The summed E-state index contributed by atoms with van der Waals surface area (Å²) in [7, 11) is 4.18. The van der Waals surface area contributed by atoms with Gasteiger partial charge in [0.15, 0.2) is 11.5 Å². The average molecular weight is 264 g/mol. The van der Waals surface area contributed by atoms with Crippen molar-refractivity contribution < 1.29 is 9.47 Å². The maximum atomic E-state index is 5.96. The summed E-state index contributed by atoms with van der Waals surface area (Å²) in [5.41, 5.74) is 8.42. The normalized spacial score (nSPS) is 15.9. The van der Waals surface area contributed by atoms with Crippen molar-refractivity contribution in [2.45, 2.75) is 26.8 Å². The van der Waals surface area contributed by atoms with E-state index < -0.39 is 0 Å². The van der Waals surface area contributed by atoms with Crippen LogP contribution in [0.5, 0.6) is 11.5 Å². The van der Waals surface area contributed by atoms with E-state index in [4.69, 9.17) is 15.2 Å². The number of benzene rings is 1. The molecule has 0 radical (unpaired) electrons. The molecule has 0 bridgehead atoms. The maximum absolute atomic E-state index is 5.96. The molecule has 1 aromatic carbocycles. The Morgan fingerprint density at radius 3 is 2.37 bits per heavy atom. The van der Waals surface area contributed by atoms with Crippen molar-refractivity contribution in [3.8, 4) is 11.5 Å². The molecule has 0 aliphatic carbocycles. The molecule has 1 unspecified atom stereocenters. The lowest BCUT2D eigenvalue weighted by Gasteiger charge is -2.39. The van der Waals surface area contributed by atoms with Crippen LogP contribution in [-0.4, -0.2) is 32.3 Å². The SMILES string of the molecule is Cc1cc2c(cc1C(N(C)C)C(C)(C)CN)OCO2. The Balaban J connectivity index is 2.48. The summed E-state index contributed by atoms with van der Waals surface area (Å²) in [6.07, 6.45) is 0. The van der Waals surface area contributed by atoms with Crippen LogP contribution < -0.4 is 15.2 Å². The highest BCUT2D eigenvalue weighted by atomic mass is 16.7. The third kappa shape index (κ3) is 2.55. The van der Waals surface area contributed by atoms with E-state index >= 15 is 0 Å². The van der Waals surface area contributed by atoms with Crippen molar-refractivity contribution in [2.75, 3.05) is 27.4 Å². The minimum Gasteiger partial charge on any atom is -0.454 e. The van der Waals surface area contributed by atoms with Crippen LogP contribution in [0, 0.1) is 12.3 Å². The van der Waals surface area contributed by atoms with Crippen LogP contribution in [0.1, 0.15) is 31.0 Å². The average Bonchev–Trinajstić information content (AvgIpc) is 2.75. The van der Waals surface area contributed by atoms with Gasteiger partial charge < -0.3 is 20.1 Å². The molecular formula is C15H24N2O2. The summed E-state index contributed by atoms with van der Waals surface area (Å²) in [5.74, 6) is 1.67. The van der Waals surface area contributed by atoms with Gasteiger partial charge in [-0.15, -0.1) is 0 Å². The topological polar surface area (TPSA) is 47.7 Å². The van der Waals surface area contributed by atoms with Crippen LogP contribution in [0.15, 0.2) is 12.1 Å². The van der Waals surface area contributed by atoms with E-state index in [9.17, 15) is 0 Å². The summed E-state index contributed by atoms with van der Waals surface area (Å²) in [6, 6.07) is 4.40. The van der Waals surface area contributed by atoms with E-state index in [1.165, 1.54) is 11.1 Å². The van der Waals surface area contributed by atoms with Gasteiger partial charge in [0.2, 0.25) is 6.79 Å². The summed E-state index contributed by atoms with van der Waals surface area (Å²) < 4.78 is 10.9. The highest BCUT2D eigenvalue weighted by Crippen LogP contribution is 2.43. The van der Waals surface area contributed by atoms with Crippen LogP contribution in [0.4, 0.5) is 0 Å². The first-order valence-corrected chi connectivity index (χ1v) is 6.63. The van der Waals surface area contributed by atoms with Crippen LogP contribution in [0.3, 0.4) is 0 Å². The van der Waals surface area contributed by atoms with Gasteiger partial charge in [-0.25, -0.2) is 0 Å². The quantitative estimate of drug-likeness (QED) is 0.906. The Morgan fingerprint density at radius 1 is 1.26 bits per heavy atom. The molecule has 1 aliphatic rings. The first-order valence-electron chi connectivity index (χ1n) is 6.63. The highest BCUT2D eigenvalue weighted by Gasteiger charge is 2.33. The zero-order valence-corrected chi connectivity index (χ0v) is 12.5. The molecule has 0 aromatic heterocycles. The van der Waals surface area contributed by atoms with Gasteiger partial charge in [-0.2, -0.15) is 0 Å². The van der Waals surface area contributed by atoms with Crippen molar-refractivity contribution in [3.05, 3.63) is 23.3 Å². The fourth-order valence-corrected chi connectivity index (χ4v) is 2.86. The third-order valence-electron chi connectivity index (χ3n) is 3.84. The van der Waals surface area contributed by atoms with E-state index in [0.717, 1.165) is 11.5 Å². The molecule has 0 spiro atoms. The van der Waals surface area contributed by atoms with Gasteiger partial charge >= 0.3 is 0 Å². The summed E-state index contributed by atoms with van der Waals surface area (Å²) in [5, 5.41) is 0. The van der Waals surface area contributed by atoms with Crippen molar-refractivity contribution in [3.63, 3.8) is 0 Å². The molecule has 0 amide bonds. The molecule has 0 saturated heterocycles. The zero-order valence-electron chi connectivity index (χ0n) is 12.5. The van der Waals surface area contributed by atoms with Crippen LogP contribution in [0.2, 0.25) is 0 Å². The number of hydrogen-bond donors (Lipinski definition) is 1. The second-order valence-corrected chi connectivity index (χ2v) is 6.12. The fourth-order valence-electron chi connectivity index (χ4n) is 2.86. The van der Waals surface area contributed by atoms with E-state index in [-0.39, 0.29) is 11.5 Å². The second kappa shape index (κ2) is 5.02. The lowest BCUT2D eigenvalue weighted by Crippen LogP contribution is -2.39. The molecular weight excluding hydrogens is 240 g/mol. The Bertz CT molecular complexity index is 469. The number of hydrogen-bond acceptors (Lipinski definition) is 4. The number of nitrogens with two attached hydrogens (primary N) is 1. The van der Waals surface area contributed by atoms with Crippen molar-refractivity contribution in [2.24, 2.45) is 11.1 Å². The van der Waals surface area contributed by atoms with Gasteiger partial charge in [0.25, 0.3) is 0 Å². The molecule has 1 heterocycles. The van der Waals surface area contributed by atoms with Gasteiger partial charge in [-0.1, -0.05) is 13.8 Å². The molecule has 4 nitrogen and oxygen atoms in total. The molecule has 0 fully saturated rings. The third-order valence-corrected chi connectivity index (χ3v) is 3.84. The molecule has 4 heteroatoms. The Labute approximate surface area is 115 Å². The molecule has 1 atom stereocenters. The number of fused-ring (bicyclic) bond motifs is 1. The summed E-state index contributed by atoms with van der Waals surface area (Å²) in [4.78, 5) is 2.22. The van der Waals surface area contributed by atoms with Crippen LogP contribution >= 0.6 is 0 Å². The van der Waals surface area contributed by atoms with E-state index in [1.54, 1.807) is 0 Å². The van der Waals surface area contributed by atoms with Gasteiger partial charge in [-0.3, -0.25) is 0 Å². The minimum atomic E-state index is -0.0119. The number of rotatable bonds is 4. The smallest absolute Gasteiger partial charge is 0.231 e. The maximum Gasteiger partial charge on any atom is 0.231 e. The fraction of sp³-hybridized carbons (Fsp3) is 0.600. The monoisotopic (exact) mass is 264 g/mol. The zero-order chi connectivity index (χ0) is 14.2. The number of aryl methyl sites for hydroxylation is 1. The Morgan fingerprint density at radius 2 is 1.84 bits per heavy atom. The molecule has 0 saturated carbocycles. The van der Waals surface area contributed by atoms with Crippen molar-refractivity contribution >= 4 is 0 Å². The van der Waals surface area contributed by atoms with Crippen molar-refractivity contribution in [1.29, 1.82) is 0 Å². The first kappa shape index (κ1) is 14.2. The highest BCUT2D eigenvalue weighted by molar-refractivity contribution is 5.49. The summed E-state index contributed by atoms with van der Waals surface area (Å²) in [6.45, 7) is 7.44. The molecule has 19 heavy (non-hydrogen) atoms. The van der Waals surface area contributed by atoms with Gasteiger partial charge in [-0.05, 0) is 56.2 Å². The molecule has 106 valence electrons. The van der Waals surface area contributed by atoms with Gasteiger partial charge in [0.05, 0.1) is 0 Å². The van der Waals surface area contributed by atoms with Gasteiger partial charge in [0.1, 0.15) is 0 Å². The Hall–Kier alpha value is -1.26. The van der Waals surface area contributed by atoms with E-state index in [1.807, 2.05) is 0 Å². The van der Waals surface area contributed by atoms with Gasteiger partial charge in [0, 0.05) is 6.04 Å². The van der Waals surface area contributed by atoms with Crippen LogP contribution in [0.25, 0.3) is 0 Å². The molecule has 1 aromatic rings. The predicted molar refractivity (Wildman–Crippen MR) is 76.6 cm³/mol. The van der Waals surface area contributed by atoms with E-state index in [0.29, 0.717) is 13.3 Å². The number of nitrogens with zero attached hydrogens (tertiary/aromatic N) is 1. The lowest BCUT2D eigenvalue weighted by molar-refractivity contribution is 0.142. The number of ether oxygens (including phenoxy) is 2. The second-order valence-electron chi connectivity index (χ2n) is 6.12. The molecule has 2 N–H and O–H groups in total. The first-order chi connectivity index (χ1) is 8.86. The van der Waals surface area contributed by atoms with Crippen molar-refractivity contribution in [1.82, 2.24) is 4.90 Å². The largest absolute Gasteiger partial charge is 0.454 e. The lowest BCUT2D eigenvalue weighted by atomic mass is 9.78. The predicted octanol–water partition coefficient (Wildman–Crippen LogP) is 2.31. The van der Waals surface area contributed by atoms with Crippen LogP contribution in [-0.2, 0) is 0 Å². The van der Waals surface area contributed by atoms with E-state index in [2.05, 4.69) is 51.9 Å². The minimum absolute atomic E-state index is 0.0119.